The fourth-order valence-electron chi connectivity index (χ4n) is 3.39. The van der Waals surface area contributed by atoms with Crippen LogP contribution in [0, 0.1) is 20.8 Å². The second-order valence-electron chi connectivity index (χ2n) is 6.82. The molecule has 7 heteroatoms. The van der Waals surface area contributed by atoms with Crippen LogP contribution in [0.1, 0.15) is 38.6 Å². The van der Waals surface area contributed by atoms with Crippen LogP contribution < -0.4 is 0 Å². The van der Waals surface area contributed by atoms with E-state index in [2.05, 4.69) is 15.2 Å². The number of hydrogen-bond donors (Lipinski definition) is 0. The van der Waals surface area contributed by atoms with Gasteiger partial charge < -0.3 is 9.42 Å². The molecule has 0 unspecified atom stereocenters. The van der Waals surface area contributed by atoms with Crippen LogP contribution in [0.25, 0.3) is 11.6 Å². The van der Waals surface area contributed by atoms with Crippen LogP contribution in [0.15, 0.2) is 22.7 Å². The summed E-state index contributed by atoms with van der Waals surface area (Å²) < 4.78 is 7.15. The summed E-state index contributed by atoms with van der Waals surface area (Å²) in [5.41, 5.74) is 5.79. The van der Waals surface area contributed by atoms with Crippen molar-refractivity contribution in [3.63, 3.8) is 0 Å². The van der Waals surface area contributed by atoms with E-state index in [1.807, 2.05) is 48.7 Å². The molecule has 0 spiro atoms. The summed E-state index contributed by atoms with van der Waals surface area (Å²) in [7, 11) is 1.91. The van der Waals surface area contributed by atoms with Crippen molar-refractivity contribution in [3.8, 4) is 11.6 Å². The summed E-state index contributed by atoms with van der Waals surface area (Å²) in [6, 6.07) is 5.85. The third-order valence-electron chi connectivity index (χ3n) is 5.01. The number of hydrogen-bond acceptors (Lipinski definition) is 5. The number of nitrogens with zero attached hydrogens (tertiary/aromatic N) is 5. The Balaban J connectivity index is 1.67. The monoisotopic (exact) mass is 351 g/mol. The Kier molecular flexibility index (Phi) is 3.86. The van der Waals surface area contributed by atoms with E-state index >= 15 is 0 Å². The van der Waals surface area contributed by atoms with Gasteiger partial charge >= 0.3 is 0 Å². The van der Waals surface area contributed by atoms with Gasteiger partial charge in [-0.2, -0.15) is 10.1 Å². The van der Waals surface area contributed by atoms with Crippen molar-refractivity contribution in [1.29, 1.82) is 0 Å². The highest BCUT2D eigenvalue weighted by Gasteiger charge is 2.29. The summed E-state index contributed by atoms with van der Waals surface area (Å²) in [5, 5.41) is 8.41. The number of amides is 1. The quantitative estimate of drug-likeness (QED) is 0.709. The van der Waals surface area contributed by atoms with Gasteiger partial charge in [0.05, 0.1) is 6.54 Å². The fourth-order valence-corrected chi connectivity index (χ4v) is 3.39. The first-order chi connectivity index (χ1) is 12.4. The smallest absolute Gasteiger partial charge is 0.278 e. The zero-order chi connectivity index (χ0) is 18.4. The van der Waals surface area contributed by atoms with E-state index in [0.717, 1.165) is 28.8 Å². The zero-order valence-corrected chi connectivity index (χ0v) is 15.4. The normalized spacial score (nSPS) is 13.8. The molecule has 7 nitrogen and oxygen atoms in total. The van der Waals surface area contributed by atoms with Crippen LogP contribution >= 0.6 is 0 Å². The minimum absolute atomic E-state index is 0.0373. The van der Waals surface area contributed by atoms with E-state index in [4.69, 9.17) is 4.52 Å². The zero-order valence-electron chi connectivity index (χ0n) is 15.4. The minimum atomic E-state index is 0.0373. The van der Waals surface area contributed by atoms with Gasteiger partial charge in [0.1, 0.15) is 0 Å². The first-order valence-corrected chi connectivity index (χ1v) is 8.66. The van der Waals surface area contributed by atoms with Gasteiger partial charge in [-0.15, -0.1) is 0 Å². The molecule has 1 aliphatic heterocycles. The van der Waals surface area contributed by atoms with Crippen LogP contribution in [-0.4, -0.2) is 37.3 Å². The molecule has 1 amide bonds. The molecule has 1 aliphatic rings. The van der Waals surface area contributed by atoms with E-state index in [0.29, 0.717) is 30.5 Å². The maximum absolute atomic E-state index is 13.0. The van der Waals surface area contributed by atoms with E-state index in [1.165, 1.54) is 5.56 Å². The minimum Gasteiger partial charge on any atom is -0.334 e. The van der Waals surface area contributed by atoms with Crippen LogP contribution in [-0.2, 0) is 20.0 Å². The summed E-state index contributed by atoms with van der Waals surface area (Å²) in [4.78, 5) is 19.1. The lowest BCUT2D eigenvalue weighted by molar-refractivity contribution is 0.0733. The lowest BCUT2D eigenvalue weighted by Gasteiger charge is -2.27. The van der Waals surface area contributed by atoms with Crippen molar-refractivity contribution < 1.29 is 9.32 Å². The molecule has 3 aromatic rings. The molecule has 0 radical (unpaired) electrons. The number of rotatable bonds is 2. The Morgan fingerprint density at radius 1 is 1.19 bits per heavy atom. The second-order valence-corrected chi connectivity index (χ2v) is 6.82. The first-order valence-electron chi connectivity index (χ1n) is 8.66. The topological polar surface area (TPSA) is 77.0 Å². The van der Waals surface area contributed by atoms with Gasteiger partial charge in [-0.1, -0.05) is 11.2 Å². The second kappa shape index (κ2) is 6.09. The summed E-state index contributed by atoms with van der Waals surface area (Å²) in [5.74, 6) is 1.01. The number of aromatic nitrogens is 4. The van der Waals surface area contributed by atoms with E-state index in [-0.39, 0.29) is 5.91 Å². The van der Waals surface area contributed by atoms with Crippen molar-refractivity contribution in [1.82, 2.24) is 24.8 Å². The molecule has 0 fully saturated rings. The molecule has 1 aromatic carbocycles. The lowest BCUT2D eigenvalue weighted by Crippen LogP contribution is -2.36. The molecule has 4 rings (SSSR count). The van der Waals surface area contributed by atoms with Gasteiger partial charge in [-0.25, -0.2) is 0 Å². The molecule has 0 saturated carbocycles. The molecule has 0 bridgehead atoms. The molecule has 3 heterocycles. The van der Waals surface area contributed by atoms with Crippen LogP contribution in [0.4, 0.5) is 0 Å². The van der Waals surface area contributed by atoms with Gasteiger partial charge in [0, 0.05) is 36.8 Å². The highest BCUT2D eigenvalue weighted by atomic mass is 16.5. The number of carbonyl (C=O) groups is 1. The number of carbonyl (C=O) groups excluding carboxylic acids is 1. The van der Waals surface area contributed by atoms with Crippen LogP contribution in [0.2, 0.25) is 0 Å². The first kappa shape index (κ1) is 16.5. The standard InChI is InChI=1S/C19H21N5O2/c1-11-5-6-14(9-12(11)2)19(25)24-8-7-16-15(10-24)17(21-23(16)4)18-20-13(3)22-26-18/h5-6,9H,7-8,10H2,1-4H3. The third kappa shape index (κ3) is 2.69. The molecular weight excluding hydrogens is 330 g/mol. The van der Waals surface area contributed by atoms with Gasteiger partial charge in [0.25, 0.3) is 11.8 Å². The fraction of sp³-hybridized carbons (Fsp3) is 0.368. The Morgan fingerprint density at radius 3 is 2.69 bits per heavy atom. The molecule has 134 valence electrons. The predicted molar refractivity (Wildman–Crippen MR) is 95.6 cm³/mol. The Bertz CT molecular complexity index is 1000. The van der Waals surface area contributed by atoms with E-state index in [1.54, 1.807) is 6.92 Å². The summed E-state index contributed by atoms with van der Waals surface area (Å²) in [6.45, 7) is 7.01. The van der Waals surface area contributed by atoms with Gasteiger partial charge in [-0.05, 0) is 44.0 Å². The van der Waals surface area contributed by atoms with Crippen molar-refractivity contribution in [2.45, 2.75) is 33.7 Å². The average molecular weight is 351 g/mol. The summed E-state index contributed by atoms with van der Waals surface area (Å²) >= 11 is 0. The number of benzene rings is 1. The molecule has 0 saturated heterocycles. The molecule has 2 aromatic heterocycles. The summed E-state index contributed by atoms with van der Waals surface area (Å²) in [6.07, 6.45) is 0.753. The molecule has 0 atom stereocenters. The Hall–Kier alpha value is -2.96. The third-order valence-corrected chi connectivity index (χ3v) is 5.01. The average Bonchev–Trinajstić information content (AvgIpc) is 3.20. The maximum Gasteiger partial charge on any atom is 0.278 e. The van der Waals surface area contributed by atoms with E-state index < -0.39 is 0 Å². The SMILES string of the molecule is Cc1noc(-c2nn(C)c3c2CN(C(=O)c2ccc(C)c(C)c2)CC3)n1. The van der Waals surface area contributed by atoms with Crippen molar-refractivity contribution in [2.24, 2.45) is 7.05 Å². The molecule has 26 heavy (non-hydrogen) atoms. The van der Waals surface area contributed by atoms with Gasteiger partial charge in [-0.3, -0.25) is 9.48 Å². The number of fused-ring (bicyclic) bond motifs is 1. The molecular formula is C19H21N5O2. The largest absolute Gasteiger partial charge is 0.334 e. The Labute approximate surface area is 151 Å². The van der Waals surface area contributed by atoms with Crippen LogP contribution in [0.3, 0.4) is 0 Å². The predicted octanol–water partition coefficient (Wildman–Crippen LogP) is 2.59. The Morgan fingerprint density at radius 2 is 2.00 bits per heavy atom. The van der Waals surface area contributed by atoms with Crippen molar-refractivity contribution in [3.05, 3.63) is 52.0 Å². The van der Waals surface area contributed by atoms with Gasteiger partial charge in [0.2, 0.25) is 0 Å². The highest BCUT2D eigenvalue weighted by Crippen LogP contribution is 2.29. The molecule has 0 N–H and O–H groups in total. The maximum atomic E-state index is 13.0. The van der Waals surface area contributed by atoms with Crippen LogP contribution in [0.5, 0.6) is 0 Å². The van der Waals surface area contributed by atoms with Gasteiger partial charge in [0.15, 0.2) is 11.5 Å². The van der Waals surface area contributed by atoms with Crippen molar-refractivity contribution in [2.75, 3.05) is 6.54 Å². The molecule has 0 aliphatic carbocycles. The highest BCUT2D eigenvalue weighted by molar-refractivity contribution is 5.94. The van der Waals surface area contributed by atoms with E-state index in [9.17, 15) is 4.79 Å². The van der Waals surface area contributed by atoms with Crippen molar-refractivity contribution >= 4 is 5.91 Å². The number of aryl methyl sites for hydroxylation is 4. The lowest BCUT2D eigenvalue weighted by atomic mass is 10.0.